The number of nitrogens with one attached hydrogen (secondary N) is 1. The number of benzene rings is 1. The lowest BCUT2D eigenvalue weighted by atomic mass is 9.97. The second-order valence-corrected chi connectivity index (χ2v) is 6.23. The quantitative estimate of drug-likeness (QED) is 0.631. The van der Waals surface area contributed by atoms with E-state index in [1.807, 2.05) is 4.90 Å². The maximum atomic E-state index is 12.4. The topological polar surface area (TPSA) is 84.9 Å². The number of carbonyl (C=O) groups is 3. The first kappa shape index (κ1) is 19.8. The number of ether oxygens (including phenoxy) is 2. The highest BCUT2D eigenvalue weighted by Crippen LogP contribution is 2.19. The van der Waals surface area contributed by atoms with Crippen LogP contribution in [0.25, 0.3) is 0 Å². The van der Waals surface area contributed by atoms with Crippen molar-refractivity contribution in [3.63, 3.8) is 0 Å². The molecule has 2 rings (SSSR count). The molecule has 1 fully saturated rings. The summed E-state index contributed by atoms with van der Waals surface area (Å²) in [6, 6.07) is 6.23. The van der Waals surface area contributed by atoms with Gasteiger partial charge in [0.05, 0.1) is 25.2 Å². The Balaban J connectivity index is 1.91. The van der Waals surface area contributed by atoms with E-state index in [9.17, 15) is 14.4 Å². The minimum atomic E-state index is -0.511. The molecule has 1 aromatic carbocycles. The van der Waals surface area contributed by atoms with Crippen molar-refractivity contribution in [1.29, 1.82) is 0 Å². The Hall–Kier alpha value is -2.48. The van der Waals surface area contributed by atoms with Gasteiger partial charge in [-0.2, -0.15) is 0 Å². The molecule has 1 heterocycles. The van der Waals surface area contributed by atoms with Crippen molar-refractivity contribution in [3.8, 4) is 0 Å². The molecule has 140 valence electrons. The van der Waals surface area contributed by atoms with Gasteiger partial charge in [-0.3, -0.25) is 14.9 Å². The first-order chi connectivity index (χ1) is 12.5. The molecule has 1 aromatic rings. The van der Waals surface area contributed by atoms with Crippen molar-refractivity contribution in [1.82, 2.24) is 10.2 Å². The van der Waals surface area contributed by atoms with Crippen molar-refractivity contribution < 1.29 is 23.9 Å². The molecule has 0 radical (unpaired) electrons. The molecule has 1 N–H and O–H groups in total. The molecule has 1 aliphatic rings. The number of nitrogens with zero attached hydrogens (tertiary/aromatic N) is 1. The summed E-state index contributed by atoms with van der Waals surface area (Å²) in [6.45, 7) is 3.31. The molecule has 0 spiro atoms. The summed E-state index contributed by atoms with van der Waals surface area (Å²) in [5, 5.41) is 2.98. The van der Waals surface area contributed by atoms with Crippen LogP contribution in [0.4, 0.5) is 0 Å². The van der Waals surface area contributed by atoms with E-state index in [1.165, 1.54) is 13.2 Å². The maximum absolute atomic E-state index is 12.4. The van der Waals surface area contributed by atoms with Gasteiger partial charge in [-0.05, 0) is 50.2 Å². The van der Waals surface area contributed by atoms with Crippen molar-refractivity contribution in [3.05, 3.63) is 35.4 Å². The van der Waals surface area contributed by atoms with Crippen molar-refractivity contribution in [2.45, 2.75) is 19.8 Å². The lowest BCUT2D eigenvalue weighted by Crippen LogP contribution is -2.47. The van der Waals surface area contributed by atoms with E-state index in [4.69, 9.17) is 17.0 Å². The number of piperidine rings is 1. The van der Waals surface area contributed by atoms with Crippen molar-refractivity contribution >= 4 is 35.2 Å². The number of rotatable bonds is 4. The zero-order valence-corrected chi connectivity index (χ0v) is 15.6. The van der Waals surface area contributed by atoms with Crippen LogP contribution in [0.15, 0.2) is 24.3 Å². The molecule has 0 saturated carbocycles. The Morgan fingerprint density at radius 1 is 1.23 bits per heavy atom. The molecular formula is C18H22N2O5S. The minimum Gasteiger partial charge on any atom is -0.466 e. The highest BCUT2D eigenvalue weighted by atomic mass is 32.1. The first-order valence-corrected chi connectivity index (χ1v) is 8.82. The fourth-order valence-corrected chi connectivity index (χ4v) is 3.01. The second-order valence-electron chi connectivity index (χ2n) is 5.85. The maximum Gasteiger partial charge on any atom is 0.337 e. The SMILES string of the molecule is CCOC(=O)C1CCN(C(=S)NC(=O)c2cccc(C(=O)OC)c2)CC1. The summed E-state index contributed by atoms with van der Waals surface area (Å²) < 4.78 is 9.69. The van der Waals surface area contributed by atoms with Gasteiger partial charge in [-0.25, -0.2) is 4.79 Å². The van der Waals surface area contributed by atoms with Crippen LogP contribution in [0.3, 0.4) is 0 Å². The van der Waals surface area contributed by atoms with Crippen LogP contribution in [-0.4, -0.2) is 54.7 Å². The average molecular weight is 378 g/mol. The molecular weight excluding hydrogens is 356 g/mol. The van der Waals surface area contributed by atoms with Gasteiger partial charge < -0.3 is 14.4 Å². The Labute approximate surface area is 157 Å². The highest BCUT2D eigenvalue weighted by Gasteiger charge is 2.27. The van der Waals surface area contributed by atoms with E-state index >= 15 is 0 Å². The Kier molecular flexibility index (Phi) is 7.08. The van der Waals surface area contributed by atoms with Gasteiger partial charge in [0.2, 0.25) is 0 Å². The van der Waals surface area contributed by atoms with Crippen LogP contribution in [0, 0.1) is 5.92 Å². The third-order valence-electron chi connectivity index (χ3n) is 4.17. The molecule has 0 aromatic heterocycles. The normalized spacial score (nSPS) is 14.5. The van der Waals surface area contributed by atoms with Gasteiger partial charge >= 0.3 is 11.9 Å². The number of carbonyl (C=O) groups excluding carboxylic acids is 3. The predicted octanol–water partition coefficient (Wildman–Crippen LogP) is 1.76. The van der Waals surface area contributed by atoms with Crippen LogP contribution in [0.2, 0.25) is 0 Å². The van der Waals surface area contributed by atoms with Crippen LogP contribution < -0.4 is 5.32 Å². The zero-order chi connectivity index (χ0) is 19.1. The van der Waals surface area contributed by atoms with Gasteiger partial charge in [0.1, 0.15) is 0 Å². The fraction of sp³-hybridized carbons (Fsp3) is 0.444. The van der Waals surface area contributed by atoms with E-state index in [2.05, 4.69) is 10.1 Å². The molecule has 0 atom stereocenters. The largest absolute Gasteiger partial charge is 0.466 e. The second kappa shape index (κ2) is 9.28. The summed E-state index contributed by atoms with van der Waals surface area (Å²) in [6.07, 6.45) is 1.26. The third-order valence-corrected chi connectivity index (χ3v) is 4.53. The number of likely N-dealkylation sites (tertiary alicyclic amines) is 1. The summed E-state index contributed by atoms with van der Waals surface area (Å²) in [7, 11) is 1.28. The van der Waals surface area contributed by atoms with Crippen molar-refractivity contribution in [2.24, 2.45) is 5.92 Å². The minimum absolute atomic E-state index is 0.124. The summed E-state index contributed by atoms with van der Waals surface area (Å²) in [5.74, 6) is -1.21. The Morgan fingerprint density at radius 2 is 1.88 bits per heavy atom. The third kappa shape index (κ3) is 5.01. The van der Waals surface area contributed by atoms with Gasteiger partial charge in [-0.1, -0.05) is 6.07 Å². The Bertz CT molecular complexity index is 699. The van der Waals surface area contributed by atoms with Crippen LogP contribution in [0.1, 0.15) is 40.5 Å². The van der Waals surface area contributed by atoms with Crippen LogP contribution in [0.5, 0.6) is 0 Å². The van der Waals surface area contributed by atoms with E-state index in [0.717, 1.165) is 0 Å². The lowest BCUT2D eigenvalue weighted by molar-refractivity contribution is -0.149. The molecule has 7 nitrogen and oxygen atoms in total. The number of thiocarbonyl (C=S) groups is 1. The summed E-state index contributed by atoms with van der Waals surface area (Å²) >= 11 is 5.30. The molecule has 0 unspecified atom stereocenters. The van der Waals surface area contributed by atoms with E-state index < -0.39 is 11.9 Å². The molecule has 1 amide bonds. The first-order valence-electron chi connectivity index (χ1n) is 8.41. The van der Waals surface area contributed by atoms with Gasteiger partial charge in [0, 0.05) is 18.7 Å². The zero-order valence-electron chi connectivity index (χ0n) is 14.8. The number of methoxy groups -OCH3 is 1. The van der Waals surface area contributed by atoms with E-state index in [1.54, 1.807) is 25.1 Å². The smallest absolute Gasteiger partial charge is 0.337 e. The van der Waals surface area contributed by atoms with E-state index in [-0.39, 0.29) is 11.9 Å². The molecule has 1 aliphatic heterocycles. The number of amides is 1. The monoisotopic (exact) mass is 378 g/mol. The lowest BCUT2D eigenvalue weighted by Gasteiger charge is -2.32. The Morgan fingerprint density at radius 3 is 2.50 bits per heavy atom. The number of esters is 2. The predicted molar refractivity (Wildman–Crippen MR) is 98.8 cm³/mol. The van der Waals surface area contributed by atoms with Gasteiger partial charge in [0.25, 0.3) is 5.91 Å². The highest BCUT2D eigenvalue weighted by molar-refractivity contribution is 7.80. The van der Waals surface area contributed by atoms with Crippen molar-refractivity contribution in [2.75, 3.05) is 26.8 Å². The molecule has 1 saturated heterocycles. The average Bonchev–Trinajstić information content (AvgIpc) is 2.67. The van der Waals surface area contributed by atoms with Gasteiger partial charge in [0.15, 0.2) is 5.11 Å². The van der Waals surface area contributed by atoms with E-state index in [0.29, 0.717) is 48.8 Å². The fourth-order valence-electron chi connectivity index (χ4n) is 2.73. The molecule has 0 aliphatic carbocycles. The summed E-state index contributed by atoms with van der Waals surface area (Å²) in [5.41, 5.74) is 0.609. The van der Waals surface area contributed by atoms with Crippen LogP contribution >= 0.6 is 12.2 Å². The van der Waals surface area contributed by atoms with Crippen LogP contribution in [-0.2, 0) is 14.3 Å². The molecule has 0 bridgehead atoms. The number of hydrogen-bond acceptors (Lipinski definition) is 6. The number of hydrogen-bond donors (Lipinski definition) is 1. The molecule has 8 heteroatoms. The standard InChI is InChI=1S/C18H22N2O5S/c1-3-25-17(23)12-7-9-20(10-8-12)18(26)19-15(21)13-5-4-6-14(11-13)16(22)24-2/h4-6,11-12H,3,7-10H2,1-2H3,(H,19,21,26). The molecule has 26 heavy (non-hydrogen) atoms. The van der Waals surface area contributed by atoms with Gasteiger partial charge in [-0.15, -0.1) is 0 Å². The summed E-state index contributed by atoms with van der Waals surface area (Å²) in [4.78, 5) is 37.6.